The number of hydrogen-bond donors (Lipinski definition) is 0. The summed E-state index contributed by atoms with van der Waals surface area (Å²) in [5.41, 5.74) is 2.80. The summed E-state index contributed by atoms with van der Waals surface area (Å²) in [6.45, 7) is 4.33. The molecule has 0 aromatic heterocycles. The van der Waals surface area contributed by atoms with Gasteiger partial charge in [-0.15, -0.1) is 0 Å². The van der Waals surface area contributed by atoms with Gasteiger partial charge in [-0.3, -0.25) is 18.9 Å². The molecular formula is C8H9IMg. The van der Waals surface area contributed by atoms with Gasteiger partial charge in [-0.25, -0.2) is 0 Å². The number of benzene rings is 1. The molecule has 0 radical (unpaired) electrons. The van der Waals surface area contributed by atoms with Crippen molar-refractivity contribution in [2.24, 2.45) is 0 Å². The average molecular weight is 256 g/mol. The van der Waals surface area contributed by atoms with E-state index in [1.165, 1.54) is 11.1 Å². The van der Waals surface area contributed by atoms with Gasteiger partial charge in [-0.1, -0.05) is 29.3 Å². The molecule has 0 saturated carbocycles. The molecular weight excluding hydrogens is 247 g/mol. The van der Waals surface area contributed by atoms with E-state index >= 15 is 0 Å². The van der Waals surface area contributed by atoms with Gasteiger partial charge >= 0.3 is 16.5 Å². The number of rotatable bonds is 1. The standard InChI is InChI=1S/C8H9.HI.Mg/c1-7-4-3-5-8(2)6-7;;/h4-6H,1-2H3;1H;/q;;+1/p-1. The van der Waals surface area contributed by atoms with Gasteiger partial charge < -0.3 is 0 Å². The summed E-state index contributed by atoms with van der Waals surface area (Å²) >= 11 is 2.54. The zero-order chi connectivity index (χ0) is 7.56. The molecule has 0 bridgehead atoms. The van der Waals surface area contributed by atoms with Crippen LogP contribution in [0.25, 0.3) is 0 Å². The molecule has 50 valence electrons. The van der Waals surface area contributed by atoms with Crippen LogP contribution in [0.3, 0.4) is 0 Å². The van der Waals surface area contributed by atoms with Crippen LogP contribution in [-0.4, -0.2) is 16.5 Å². The maximum Gasteiger partial charge on any atom is 0.502 e. The second kappa shape index (κ2) is 3.92. The molecule has 0 N–H and O–H groups in total. The third kappa shape index (κ3) is 2.40. The van der Waals surface area contributed by atoms with E-state index in [1.807, 2.05) is 0 Å². The van der Waals surface area contributed by atoms with E-state index in [2.05, 4.69) is 50.9 Å². The molecule has 0 nitrogen and oxygen atoms in total. The van der Waals surface area contributed by atoms with Crippen LogP contribution in [0, 0.1) is 13.8 Å². The van der Waals surface area contributed by atoms with Crippen molar-refractivity contribution in [3.8, 4) is 0 Å². The summed E-state index contributed by atoms with van der Waals surface area (Å²) in [5.74, 6) is 0. The van der Waals surface area contributed by atoms with E-state index in [0.717, 1.165) is 0 Å². The third-order valence-corrected chi connectivity index (χ3v) is 4.80. The van der Waals surface area contributed by atoms with Crippen molar-refractivity contribution in [3.63, 3.8) is 0 Å². The van der Waals surface area contributed by atoms with E-state index < -0.39 is 0 Å². The second-order valence-corrected chi connectivity index (χ2v) is 6.00. The molecule has 0 aliphatic rings. The minimum absolute atomic E-state index is 0.0185. The minimum Gasteiger partial charge on any atom is -0.291 e. The van der Waals surface area contributed by atoms with Gasteiger partial charge in [0.15, 0.2) is 0 Å². The van der Waals surface area contributed by atoms with E-state index in [1.54, 1.807) is 3.69 Å². The van der Waals surface area contributed by atoms with Gasteiger partial charge in [0.25, 0.3) is 0 Å². The Morgan fingerprint density at radius 3 is 2.00 bits per heavy atom. The number of aryl methyl sites for hydroxylation is 2. The number of hydrogen-bond acceptors (Lipinski definition) is 0. The topological polar surface area (TPSA) is 0 Å². The van der Waals surface area contributed by atoms with Crippen molar-refractivity contribution >= 4 is 39.0 Å². The smallest absolute Gasteiger partial charge is 0.291 e. The Labute approximate surface area is 81.5 Å². The predicted molar refractivity (Wildman–Crippen MR) is 55.3 cm³/mol. The molecule has 0 unspecified atom stereocenters. The summed E-state index contributed by atoms with van der Waals surface area (Å²) in [7, 11) is 0. The third-order valence-electron chi connectivity index (χ3n) is 1.44. The highest BCUT2D eigenvalue weighted by Crippen LogP contribution is 2.00. The minimum atomic E-state index is 0.0185. The summed E-state index contributed by atoms with van der Waals surface area (Å²) in [5, 5.41) is 0. The van der Waals surface area contributed by atoms with Crippen molar-refractivity contribution in [2.75, 3.05) is 0 Å². The van der Waals surface area contributed by atoms with Crippen molar-refractivity contribution < 1.29 is 0 Å². The van der Waals surface area contributed by atoms with Gasteiger partial charge in [0.05, 0.1) is 0 Å². The zero-order valence-electron chi connectivity index (χ0n) is 6.32. The molecule has 0 saturated heterocycles. The molecule has 0 atom stereocenters. The molecule has 1 aromatic carbocycles. The Morgan fingerprint density at radius 2 is 1.60 bits per heavy atom. The fourth-order valence-electron chi connectivity index (χ4n) is 1.15. The van der Waals surface area contributed by atoms with Crippen LogP contribution in [0.4, 0.5) is 0 Å². The van der Waals surface area contributed by atoms with Crippen molar-refractivity contribution in [2.45, 2.75) is 13.8 Å². The molecule has 0 amide bonds. The molecule has 1 rings (SSSR count). The first-order valence-corrected chi connectivity index (χ1v) is 9.17. The SMILES string of the molecule is Cc1cc(C)c[c]([Mg][I])c1. The molecule has 10 heavy (non-hydrogen) atoms. The highest BCUT2D eigenvalue weighted by molar-refractivity contribution is 14.1. The van der Waals surface area contributed by atoms with E-state index in [9.17, 15) is 0 Å². The average Bonchev–Trinajstić information content (AvgIpc) is 1.85. The highest BCUT2D eigenvalue weighted by Gasteiger charge is 1.95. The predicted octanol–water partition coefficient (Wildman–Crippen LogP) is 1.98. The van der Waals surface area contributed by atoms with Crippen LogP contribution in [0.1, 0.15) is 11.1 Å². The Morgan fingerprint density at radius 1 is 1.10 bits per heavy atom. The lowest BCUT2D eigenvalue weighted by Gasteiger charge is -1.99. The van der Waals surface area contributed by atoms with Crippen LogP contribution in [0.15, 0.2) is 18.2 Å². The zero-order valence-corrected chi connectivity index (χ0v) is 9.89. The van der Waals surface area contributed by atoms with E-state index in [-0.39, 0.29) is 16.5 Å². The van der Waals surface area contributed by atoms with Gasteiger partial charge in [-0.05, 0) is 13.8 Å². The monoisotopic (exact) mass is 256 g/mol. The van der Waals surface area contributed by atoms with Gasteiger partial charge in [0.1, 0.15) is 0 Å². The van der Waals surface area contributed by atoms with E-state index in [0.29, 0.717) is 0 Å². The van der Waals surface area contributed by atoms with Gasteiger partial charge in [0, 0.05) is 0 Å². The van der Waals surface area contributed by atoms with Crippen molar-refractivity contribution in [1.82, 2.24) is 0 Å². The largest absolute Gasteiger partial charge is 0.502 e. The van der Waals surface area contributed by atoms with Crippen LogP contribution in [0.2, 0.25) is 0 Å². The van der Waals surface area contributed by atoms with E-state index in [4.69, 9.17) is 0 Å². The quantitative estimate of drug-likeness (QED) is 0.532. The maximum atomic E-state index is 2.53. The van der Waals surface area contributed by atoms with Crippen LogP contribution in [0.5, 0.6) is 0 Å². The number of halogens is 1. The van der Waals surface area contributed by atoms with Crippen LogP contribution >= 0.6 is 18.9 Å². The van der Waals surface area contributed by atoms with Crippen molar-refractivity contribution in [1.29, 1.82) is 0 Å². The normalized spacial score (nSPS) is 9.10. The molecule has 0 aliphatic heterocycles. The summed E-state index contributed by atoms with van der Waals surface area (Å²) in [6.07, 6.45) is 0. The van der Waals surface area contributed by atoms with Crippen LogP contribution in [-0.2, 0) is 0 Å². The molecule has 1 aromatic rings. The molecule has 0 spiro atoms. The lowest BCUT2D eigenvalue weighted by atomic mass is 10.2. The molecule has 0 fully saturated rings. The van der Waals surface area contributed by atoms with Gasteiger partial charge in [-0.2, -0.15) is 3.69 Å². The molecule has 0 heterocycles. The fraction of sp³-hybridized carbons (Fsp3) is 0.250. The maximum absolute atomic E-state index is 2.53. The second-order valence-electron chi connectivity index (χ2n) is 2.63. The summed E-state index contributed by atoms with van der Waals surface area (Å²) in [4.78, 5) is 0. The molecule has 2 heteroatoms. The first kappa shape index (κ1) is 8.81. The highest BCUT2D eigenvalue weighted by atomic mass is 127. The fourth-order valence-corrected chi connectivity index (χ4v) is 3.27. The Balaban J connectivity index is 3.06. The van der Waals surface area contributed by atoms with Gasteiger partial charge in [0.2, 0.25) is 0 Å². The first-order chi connectivity index (χ1) is 4.72. The first-order valence-electron chi connectivity index (χ1n) is 3.35. The Hall–Kier alpha value is 0.716. The Kier molecular flexibility index (Phi) is 3.46. The molecule has 0 aliphatic carbocycles. The Bertz CT molecular complexity index is 212. The summed E-state index contributed by atoms with van der Waals surface area (Å²) in [6, 6.07) is 6.82. The van der Waals surface area contributed by atoms with Crippen molar-refractivity contribution in [3.05, 3.63) is 29.3 Å². The summed E-state index contributed by atoms with van der Waals surface area (Å²) < 4.78 is 1.57. The van der Waals surface area contributed by atoms with Crippen LogP contribution < -0.4 is 3.69 Å². The lowest BCUT2D eigenvalue weighted by Crippen LogP contribution is -2.08. The lowest BCUT2D eigenvalue weighted by molar-refractivity contribution is 1.40.